The molecule has 3 rings (SSSR count). The number of carbonyl (C=O) groups is 2. The Morgan fingerprint density at radius 3 is 2.52 bits per heavy atom. The Morgan fingerprint density at radius 2 is 1.87 bits per heavy atom. The fourth-order valence-electron chi connectivity index (χ4n) is 2.51. The zero-order chi connectivity index (χ0) is 22.4. The van der Waals surface area contributed by atoms with E-state index in [1.54, 1.807) is 28.9 Å². The summed E-state index contributed by atoms with van der Waals surface area (Å²) in [6.07, 6.45) is 0.555. The van der Waals surface area contributed by atoms with E-state index in [0.29, 0.717) is 5.69 Å². The lowest BCUT2D eigenvalue weighted by molar-refractivity contribution is -0.137. The van der Waals surface area contributed by atoms with Crippen LogP contribution in [0.3, 0.4) is 0 Å². The maximum Gasteiger partial charge on any atom is 0.417 e. The number of alkyl halides is 3. The van der Waals surface area contributed by atoms with Crippen LogP contribution < -0.4 is 10.6 Å². The van der Waals surface area contributed by atoms with Crippen molar-refractivity contribution in [3.63, 3.8) is 0 Å². The van der Waals surface area contributed by atoms with E-state index in [1.165, 1.54) is 24.8 Å². The summed E-state index contributed by atoms with van der Waals surface area (Å²) < 4.78 is 40.2. The van der Waals surface area contributed by atoms with E-state index in [4.69, 9.17) is 11.6 Å². The van der Waals surface area contributed by atoms with E-state index < -0.39 is 28.6 Å². The number of carbonyl (C=O) groups excluding carboxylic acids is 2. The molecule has 31 heavy (non-hydrogen) atoms. The van der Waals surface area contributed by atoms with Crippen molar-refractivity contribution in [2.75, 3.05) is 11.9 Å². The number of benzene rings is 2. The van der Waals surface area contributed by atoms with Crippen molar-refractivity contribution < 1.29 is 22.8 Å². The summed E-state index contributed by atoms with van der Waals surface area (Å²) in [7, 11) is 0. The number of amides is 2. The van der Waals surface area contributed by atoms with Crippen LogP contribution in [0.4, 0.5) is 18.9 Å². The molecule has 0 unspecified atom stereocenters. The first-order valence-electron chi connectivity index (χ1n) is 8.80. The lowest BCUT2D eigenvalue weighted by Gasteiger charge is -2.09. The van der Waals surface area contributed by atoms with Gasteiger partial charge in [0.15, 0.2) is 0 Å². The third-order valence-corrected chi connectivity index (χ3v) is 4.31. The molecule has 0 aliphatic carbocycles. The summed E-state index contributed by atoms with van der Waals surface area (Å²) in [5, 5.41) is 8.52. The average molecular weight is 450 g/mol. The van der Waals surface area contributed by atoms with Crippen molar-refractivity contribution in [2.45, 2.75) is 6.18 Å². The second-order valence-corrected chi connectivity index (χ2v) is 6.63. The van der Waals surface area contributed by atoms with Crippen LogP contribution in [-0.4, -0.2) is 33.1 Å². The lowest BCUT2D eigenvalue weighted by Crippen LogP contribution is -2.31. The van der Waals surface area contributed by atoms with Gasteiger partial charge in [-0.1, -0.05) is 17.7 Å². The first kappa shape index (κ1) is 22.0. The number of anilines is 1. The predicted octanol–water partition coefficient (Wildman–Crippen LogP) is 3.71. The van der Waals surface area contributed by atoms with Gasteiger partial charge in [-0.2, -0.15) is 18.3 Å². The Morgan fingerprint density at radius 1 is 1.13 bits per heavy atom. The minimum Gasteiger partial charge on any atom is -0.343 e. The molecular formula is C20H15ClF3N5O2. The van der Waals surface area contributed by atoms with Gasteiger partial charge in [0, 0.05) is 11.8 Å². The van der Waals surface area contributed by atoms with Gasteiger partial charge in [-0.05, 0) is 48.0 Å². The molecule has 11 heteroatoms. The summed E-state index contributed by atoms with van der Waals surface area (Å²) in [6.45, 7) is -0.317. The van der Waals surface area contributed by atoms with Crippen LogP contribution >= 0.6 is 11.6 Å². The number of aromatic nitrogens is 3. The summed E-state index contributed by atoms with van der Waals surface area (Å²) in [5.41, 5.74) is 0.416. The molecule has 0 aliphatic heterocycles. The Hall–Kier alpha value is -3.66. The molecular weight excluding hydrogens is 435 g/mol. The molecule has 2 amide bonds. The van der Waals surface area contributed by atoms with Gasteiger partial charge in [0.25, 0.3) is 0 Å². The average Bonchev–Trinajstić information content (AvgIpc) is 3.26. The molecule has 0 saturated heterocycles. The first-order chi connectivity index (χ1) is 14.7. The monoisotopic (exact) mass is 449 g/mol. The van der Waals surface area contributed by atoms with Crippen LogP contribution in [-0.2, 0) is 15.8 Å². The standard InChI is InChI=1S/C20H15ClF3N5O2/c21-17-7-1-13(9-16(17)20(22,23)24)2-8-18(30)26-10-19(31)28-14-3-5-15(6-4-14)29-12-25-11-27-29/h1-9,11-12H,10H2,(H,26,30)(H,28,31)/b8-2+. The summed E-state index contributed by atoms with van der Waals surface area (Å²) in [4.78, 5) is 27.7. The van der Waals surface area contributed by atoms with Gasteiger partial charge in [-0.15, -0.1) is 0 Å². The lowest BCUT2D eigenvalue weighted by atomic mass is 10.1. The Bertz CT molecular complexity index is 1100. The summed E-state index contributed by atoms with van der Waals surface area (Å²) >= 11 is 5.55. The van der Waals surface area contributed by atoms with Crippen molar-refractivity contribution in [1.29, 1.82) is 0 Å². The summed E-state index contributed by atoms with van der Waals surface area (Å²) in [6, 6.07) is 10.1. The number of hydrogen-bond donors (Lipinski definition) is 2. The maximum absolute atomic E-state index is 12.9. The first-order valence-corrected chi connectivity index (χ1v) is 9.18. The van der Waals surface area contributed by atoms with Gasteiger partial charge in [0.1, 0.15) is 12.7 Å². The van der Waals surface area contributed by atoms with Crippen molar-refractivity contribution in [3.05, 3.63) is 77.3 Å². The molecule has 7 nitrogen and oxygen atoms in total. The van der Waals surface area contributed by atoms with Crippen LogP contribution in [0.15, 0.2) is 61.2 Å². The highest BCUT2D eigenvalue weighted by Crippen LogP contribution is 2.35. The molecule has 160 valence electrons. The zero-order valence-corrected chi connectivity index (χ0v) is 16.5. The highest BCUT2D eigenvalue weighted by Gasteiger charge is 2.33. The smallest absolute Gasteiger partial charge is 0.343 e. The van der Waals surface area contributed by atoms with Gasteiger partial charge in [-0.3, -0.25) is 9.59 Å². The maximum atomic E-state index is 12.9. The van der Waals surface area contributed by atoms with Gasteiger partial charge in [0.2, 0.25) is 11.8 Å². The predicted molar refractivity (Wildman–Crippen MR) is 108 cm³/mol. The van der Waals surface area contributed by atoms with Crippen LogP contribution in [0, 0.1) is 0 Å². The van der Waals surface area contributed by atoms with Crippen LogP contribution in [0.1, 0.15) is 11.1 Å². The molecule has 0 atom stereocenters. The molecule has 2 N–H and O–H groups in total. The third kappa shape index (κ3) is 6.16. The number of halogens is 4. The van der Waals surface area contributed by atoms with Gasteiger partial charge >= 0.3 is 6.18 Å². The number of hydrogen-bond acceptors (Lipinski definition) is 4. The molecule has 0 radical (unpaired) electrons. The Balaban J connectivity index is 1.51. The quantitative estimate of drug-likeness (QED) is 0.561. The fraction of sp³-hybridized carbons (Fsp3) is 0.100. The number of nitrogens with one attached hydrogen (secondary N) is 2. The fourth-order valence-corrected chi connectivity index (χ4v) is 2.73. The highest BCUT2D eigenvalue weighted by atomic mass is 35.5. The van der Waals surface area contributed by atoms with Crippen molar-refractivity contribution in [2.24, 2.45) is 0 Å². The van der Waals surface area contributed by atoms with Crippen molar-refractivity contribution in [1.82, 2.24) is 20.1 Å². The topological polar surface area (TPSA) is 88.9 Å². The molecule has 0 spiro atoms. The van der Waals surface area contributed by atoms with Crippen LogP contribution in [0.5, 0.6) is 0 Å². The highest BCUT2D eigenvalue weighted by molar-refractivity contribution is 6.31. The molecule has 1 heterocycles. The normalized spacial score (nSPS) is 11.5. The second kappa shape index (κ2) is 9.43. The van der Waals surface area contributed by atoms with E-state index in [2.05, 4.69) is 20.7 Å². The number of nitrogens with zero attached hydrogens (tertiary/aromatic N) is 3. The zero-order valence-electron chi connectivity index (χ0n) is 15.7. The van der Waals surface area contributed by atoms with Gasteiger partial charge < -0.3 is 10.6 Å². The van der Waals surface area contributed by atoms with Crippen molar-refractivity contribution >= 4 is 35.2 Å². The molecule has 3 aromatic rings. The minimum absolute atomic E-state index is 0.142. The minimum atomic E-state index is -4.60. The number of rotatable bonds is 6. The van der Waals surface area contributed by atoms with Crippen LogP contribution in [0.2, 0.25) is 5.02 Å². The molecule has 2 aromatic carbocycles. The van der Waals surface area contributed by atoms with Gasteiger partial charge in [0.05, 0.1) is 22.8 Å². The molecule has 0 bridgehead atoms. The second-order valence-electron chi connectivity index (χ2n) is 6.22. The summed E-state index contributed by atoms with van der Waals surface area (Å²) in [5.74, 6) is -1.11. The molecule has 0 fully saturated rings. The Labute approximate surface area is 179 Å². The van der Waals surface area contributed by atoms with E-state index in [1.807, 2.05) is 0 Å². The van der Waals surface area contributed by atoms with Crippen LogP contribution in [0.25, 0.3) is 11.8 Å². The largest absolute Gasteiger partial charge is 0.417 e. The SMILES string of the molecule is O=C(/C=C/c1ccc(Cl)c(C(F)(F)F)c1)NCC(=O)Nc1ccc(-n2cncn2)cc1. The van der Waals surface area contributed by atoms with E-state index >= 15 is 0 Å². The van der Waals surface area contributed by atoms with E-state index in [-0.39, 0.29) is 12.1 Å². The molecule has 1 aromatic heterocycles. The van der Waals surface area contributed by atoms with Crippen molar-refractivity contribution in [3.8, 4) is 5.69 Å². The molecule has 0 aliphatic rings. The third-order valence-electron chi connectivity index (χ3n) is 3.98. The van der Waals surface area contributed by atoms with E-state index in [0.717, 1.165) is 23.9 Å². The molecule has 0 saturated carbocycles. The Kier molecular flexibility index (Phi) is 6.71. The van der Waals surface area contributed by atoms with E-state index in [9.17, 15) is 22.8 Å². The van der Waals surface area contributed by atoms with Gasteiger partial charge in [-0.25, -0.2) is 9.67 Å².